The topological polar surface area (TPSA) is 41.6 Å². The second kappa shape index (κ2) is 6.48. The Bertz CT molecular complexity index is 485. The van der Waals surface area contributed by atoms with Crippen LogP contribution in [-0.2, 0) is 9.53 Å². The van der Waals surface area contributed by atoms with Crippen molar-refractivity contribution in [2.45, 2.75) is 52.9 Å². The van der Waals surface area contributed by atoms with Gasteiger partial charge in [-0.05, 0) is 57.9 Å². The van der Waals surface area contributed by atoms with Gasteiger partial charge < -0.3 is 15.0 Å². The first-order chi connectivity index (χ1) is 9.85. The molecule has 0 bridgehead atoms. The molecule has 0 aliphatic carbocycles. The standard InChI is InChI=1S/C17H26N2O2/c1-11-6-12(2)8-16(7-11)18-15(5)17(20)19-9-13(3)21-14(4)10-19/h6-8,13-15,18H,9-10H2,1-5H3. The van der Waals surface area contributed by atoms with Crippen molar-refractivity contribution in [3.8, 4) is 0 Å². The third-order valence-electron chi connectivity index (χ3n) is 3.71. The summed E-state index contributed by atoms with van der Waals surface area (Å²) in [4.78, 5) is 14.5. The quantitative estimate of drug-likeness (QED) is 0.930. The molecule has 21 heavy (non-hydrogen) atoms. The Morgan fingerprint density at radius 1 is 1.19 bits per heavy atom. The molecule has 1 amide bonds. The fraction of sp³-hybridized carbons (Fsp3) is 0.588. The van der Waals surface area contributed by atoms with Crippen molar-refractivity contribution < 1.29 is 9.53 Å². The number of hydrogen-bond acceptors (Lipinski definition) is 3. The van der Waals surface area contributed by atoms with Gasteiger partial charge in [0.05, 0.1) is 12.2 Å². The molecule has 0 radical (unpaired) electrons. The summed E-state index contributed by atoms with van der Waals surface area (Å²) in [6.07, 6.45) is 0.206. The highest BCUT2D eigenvalue weighted by atomic mass is 16.5. The predicted molar refractivity (Wildman–Crippen MR) is 85.6 cm³/mol. The third kappa shape index (κ3) is 4.21. The number of aryl methyl sites for hydroxylation is 2. The van der Waals surface area contributed by atoms with Crippen LogP contribution in [0.2, 0.25) is 0 Å². The molecular formula is C17H26N2O2. The number of nitrogens with zero attached hydrogens (tertiary/aromatic N) is 1. The molecule has 0 aromatic heterocycles. The fourth-order valence-corrected chi connectivity index (χ4v) is 3.00. The Hall–Kier alpha value is -1.55. The van der Waals surface area contributed by atoms with Gasteiger partial charge in [-0.15, -0.1) is 0 Å². The summed E-state index contributed by atoms with van der Waals surface area (Å²) in [6, 6.07) is 6.04. The molecule has 1 aromatic carbocycles. The van der Waals surface area contributed by atoms with Gasteiger partial charge in [-0.2, -0.15) is 0 Å². The maximum atomic E-state index is 12.6. The monoisotopic (exact) mass is 290 g/mol. The van der Waals surface area contributed by atoms with Gasteiger partial charge in [0.15, 0.2) is 0 Å². The maximum absolute atomic E-state index is 12.6. The Kier molecular flexibility index (Phi) is 4.88. The molecule has 3 unspecified atom stereocenters. The van der Waals surface area contributed by atoms with Gasteiger partial charge in [0.25, 0.3) is 0 Å². The Labute approximate surface area is 127 Å². The van der Waals surface area contributed by atoms with E-state index in [1.54, 1.807) is 0 Å². The smallest absolute Gasteiger partial charge is 0.244 e. The third-order valence-corrected chi connectivity index (χ3v) is 3.71. The first-order valence-corrected chi connectivity index (χ1v) is 7.64. The van der Waals surface area contributed by atoms with E-state index in [0.29, 0.717) is 13.1 Å². The number of carbonyl (C=O) groups is 1. The van der Waals surface area contributed by atoms with Crippen LogP contribution in [0.3, 0.4) is 0 Å². The van der Waals surface area contributed by atoms with Crippen molar-refractivity contribution >= 4 is 11.6 Å². The normalized spacial score (nSPS) is 23.8. The van der Waals surface area contributed by atoms with E-state index < -0.39 is 0 Å². The van der Waals surface area contributed by atoms with E-state index in [4.69, 9.17) is 4.74 Å². The number of ether oxygens (including phenoxy) is 1. The van der Waals surface area contributed by atoms with Crippen molar-refractivity contribution in [3.63, 3.8) is 0 Å². The molecule has 1 N–H and O–H groups in total. The largest absolute Gasteiger partial charge is 0.374 e. The first-order valence-electron chi connectivity index (χ1n) is 7.64. The Morgan fingerprint density at radius 2 is 1.71 bits per heavy atom. The van der Waals surface area contributed by atoms with Crippen LogP contribution in [0, 0.1) is 13.8 Å². The SMILES string of the molecule is Cc1cc(C)cc(NC(C)C(=O)N2CC(C)OC(C)C2)c1. The molecule has 3 atom stereocenters. The zero-order chi connectivity index (χ0) is 15.6. The minimum absolute atomic E-state index is 0.103. The zero-order valence-corrected chi connectivity index (χ0v) is 13.6. The number of morpholine rings is 1. The minimum atomic E-state index is -0.233. The average molecular weight is 290 g/mol. The summed E-state index contributed by atoms with van der Waals surface area (Å²) in [6.45, 7) is 11.4. The van der Waals surface area contributed by atoms with E-state index >= 15 is 0 Å². The van der Waals surface area contributed by atoms with Gasteiger partial charge in [-0.1, -0.05) is 6.07 Å². The second-order valence-corrected chi connectivity index (χ2v) is 6.24. The van der Waals surface area contributed by atoms with Crippen LogP contribution in [0.15, 0.2) is 18.2 Å². The van der Waals surface area contributed by atoms with E-state index in [1.165, 1.54) is 11.1 Å². The second-order valence-electron chi connectivity index (χ2n) is 6.24. The molecule has 0 spiro atoms. The van der Waals surface area contributed by atoms with E-state index in [2.05, 4.69) is 37.4 Å². The van der Waals surface area contributed by atoms with E-state index in [1.807, 2.05) is 25.7 Å². The van der Waals surface area contributed by atoms with Gasteiger partial charge in [0.2, 0.25) is 5.91 Å². The number of benzene rings is 1. The lowest BCUT2D eigenvalue weighted by Crippen LogP contribution is -2.52. The molecular weight excluding hydrogens is 264 g/mol. The van der Waals surface area contributed by atoms with Crippen LogP contribution >= 0.6 is 0 Å². The molecule has 0 saturated carbocycles. The Morgan fingerprint density at radius 3 is 2.24 bits per heavy atom. The number of rotatable bonds is 3. The summed E-state index contributed by atoms with van der Waals surface area (Å²) in [7, 11) is 0. The maximum Gasteiger partial charge on any atom is 0.244 e. The average Bonchev–Trinajstić information content (AvgIpc) is 2.35. The molecule has 1 aromatic rings. The number of anilines is 1. The lowest BCUT2D eigenvalue weighted by Gasteiger charge is -2.36. The van der Waals surface area contributed by atoms with Gasteiger partial charge >= 0.3 is 0 Å². The highest BCUT2D eigenvalue weighted by molar-refractivity contribution is 5.84. The van der Waals surface area contributed by atoms with E-state index in [9.17, 15) is 4.79 Å². The molecule has 4 nitrogen and oxygen atoms in total. The summed E-state index contributed by atoms with van der Waals surface area (Å²) >= 11 is 0. The van der Waals surface area contributed by atoms with E-state index in [-0.39, 0.29) is 24.2 Å². The highest BCUT2D eigenvalue weighted by Crippen LogP contribution is 2.17. The van der Waals surface area contributed by atoms with Crippen LogP contribution < -0.4 is 5.32 Å². The summed E-state index contributed by atoms with van der Waals surface area (Å²) in [5.41, 5.74) is 3.40. The molecule has 1 fully saturated rings. The molecule has 2 rings (SSSR count). The van der Waals surface area contributed by atoms with Crippen molar-refractivity contribution in [3.05, 3.63) is 29.3 Å². The molecule has 1 aliphatic heterocycles. The molecule has 1 heterocycles. The molecule has 116 valence electrons. The first kappa shape index (κ1) is 15.8. The predicted octanol–water partition coefficient (Wildman–Crippen LogP) is 2.74. The van der Waals surface area contributed by atoms with Gasteiger partial charge in [-0.25, -0.2) is 0 Å². The summed E-state index contributed by atoms with van der Waals surface area (Å²) in [5, 5.41) is 3.32. The van der Waals surface area contributed by atoms with Crippen LogP contribution in [0.5, 0.6) is 0 Å². The van der Waals surface area contributed by atoms with Gasteiger partial charge in [-0.3, -0.25) is 4.79 Å². The molecule has 1 saturated heterocycles. The van der Waals surface area contributed by atoms with Crippen molar-refractivity contribution in [1.29, 1.82) is 0 Å². The van der Waals surface area contributed by atoms with Crippen molar-refractivity contribution in [1.82, 2.24) is 4.90 Å². The Balaban J connectivity index is 2.02. The van der Waals surface area contributed by atoms with Crippen molar-refractivity contribution in [2.24, 2.45) is 0 Å². The number of nitrogens with one attached hydrogen (secondary N) is 1. The van der Waals surface area contributed by atoms with Gasteiger partial charge in [0.1, 0.15) is 6.04 Å². The molecule has 1 aliphatic rings. The zero-order valence-electron chi connectivity index (χ0n) is 13.6. The minimum Gasteiger partial charge on any atom is -0.374 e. The highest BCUT2D eigenvalue weighted by Gasteiger charge is 2.28. The fourth-order valence-electron chi connectivity index (χ4n) is 3.00. The number of hydrogen-bond donors (Lipinski definition) is 1. The van der Waals surface area contributed by atoms with Crippen molar-refractivity contribution in [2.75, 3.05) is 18.4 Å². The van der Waals surface area contributed by atoms with Gasteiger partial charge in [0, 0.05) is 18.8 Å². The van der Waals surface area contributed by atoms with Crippen LogP contribution in [-0.4, -0.2) is 42.1 Å². The lowest BCUT2D eigenvalue weighted by atomic mass is 10.1. The summed E-state index contributed by atoms with van der Waals surface area (Å²) < 4.78 is 5.68. The number of amides is 1. The van der Waals surface area contributed by atoms with Crippen LogP contribution in [0.4, 0.5) is 5.69 Å². The molecule has 4 heteroatoms. The van der Waals surface area contributed by atoms with E-state index in [0.717, 1.165) is 5.69 Å². The lowest BCUT2D eigenvalue weighted by molar-refractivity contribution is -0.143. The van der Waals surface area contributed by atoms with Crippen LogP contribution in [0.1, 0.15) is 31.9 Å². The summed E-state index contributed by atoms with van der Waals surface area (Å²) in [5.74, 6) is 0.135. The van der Waals surface area contributed by atoms with Crippen LogP contribution in [0.25, 0.3) is 0 Å². The number of carbonyl (C=O) groups excluding carboxylic acids is 1.